The number of carbonyl (C=O) groups is 1. The van der Waals surface area contributed by atoms with Crippen LogP contribution < -0.4 is 14.9 Å². The summed E-state index contributed by atoms with van der Waals surface area (Å²) in [7, 11) is 1.48. The van der Waals surface area contributed by atoms with Gasteiger partial charge in [-0.2, -0.15) is 14.5 Å². The highest BCUT2D eigenvalue weighted by atomic mass is 79.9. The Labute approximate surface area is 178 Å². The SMILES string of the molecule is COc1ccc(Br)cc1C(=O)N/N=C\c1ccc(Oc2nc(Cl)ncc2F)cc1. The van der Waals surface area contributed by atoms with Crippen molar-refractivity contribution in [2.75, 3.05) is 7.11 Å². The van der Waals surface area contributed by atoms with E-state index in [-0.39, 0.29) is 11.2 Å². The number of carbonyl (C=O) groups excluding carboxylic acids is 1. The molecule has 0 fully saturated rings. The molecule has 10 heteroatoms. The number of hydrogen-bond donors (Lipinski definition) is 1. The molecule has 0 saturated heterocycles. The summed E-state index contributed by atoms with van der Waals surface area (Å²) in [5, 5.41) is 3.81. The van der Waals surface area contributed by atoms with Crippen molar-refractivity contribution in [3.05, 3.63) is 75.4 Å². The van der Waals surface area contributed by atoms with Crippen LogP contribution in [0, 0.1) is 5.82 Å². The third-order valence-electron chi connectivity index (χ3n) is 3.56. The molecule has 148 valence electrons. The minimum absolute atomic E-state index is 0.122. The summed E-state index contributed by atoms with van der Waals surface area (Å²) in [6, 6.07) is 11.6. The molecule has 0 bridgehead atoms. The average molecular weight is 480 g/mol. The van der Waals surface area contributed by atoms with Crippen molar-refractivity contribution in [3.8, 4) is 17.4 Å². The minimum atomic E-state index is -0.731. The van der Waals surface area contributed by atoms with E-state index in [1.807, 2.05) is 0 Å². The maximum absolute atomic E-state index is 13.6. The summed E-state index contributed by atoms with van der Waals surface area (Å²) in [6.07, 6.45) is 2.38. The lowest BCUT2D eigenvalue weighted by Crippen LogP contribution is -2.18. The van der Waals surface area contributed by atoms with E-state index in [4.69, 9.17) is 21.1 Å². The van der Waals surface area contributed by atoms with Gasteiger partial charge in [0.1, 0.15) is 11.5 Å². The predicted octanol–water partition coefficient (Wildman–Crippen LogP) is 4.60. The number of halogens is 3. The van der Waals surface area contributed by atoms with E-state index in [0.717, 1.165) is 10.7 Å². The Morgan fingerprint density at radius 1 is 1.28 bits per heavy atom. The summed E-state index contributed by atoms with van der Waals surface area (Å²) >= 11 is 8.94. The van der Waals surface area contributed by atoms with E-state index >= 15 is 0 Å². The smallest absolute Gasteiger partial charge is 0.275 e. The summed E-state index contributed by atoms with van der Waals surface area (Å²) < 4.78 is 24.9. The third kappa shape index (κ3) is 5.49. The topological polar surface area (TPSA) is 85.7 Å². The van der Waals surface area contributed by atoms with Crippen LogP contribution in [0.15, 0.2) is 58.2 Å². The quantitative estimate of drug-likeness (QED) is 0.317. The molecule has 1 N–H and O–H groups in total. The van der Waals surface area contributed by atoms with Gasteiger partial charge in [-0.25, -0.2) is 10.4 Å². The fourth-order valence-electron chi connectivity index (χ4n) is 2.22. The van der Waals surface area contributed by atoms with E-state index in [1.165, 1.54) is 13.3 Å². The van der Waals surface area contributed by atoms with Gasteiger partial charge in [0.2, 0.25) is 11.1 Å². The van der Waals surface area contributed by atoms with Gasteiger partial charge < -0.3 is 9.47 Å². The molecule has 0 atom stereocenters. The Kier molecular flexibility index (Phi) is 6.73. The number of aromatic nitrogens is 2. The Bertz CT molecular complexity index is 1060. The van der Waals surface area contributed by atoms with Gasteiger partial charge in [0.05, 0.1) is 25.1 Å². The maximum Gasteiger partial charge on any atom is 0.275 e. The van der Waals surface area contributed by atoms with Gasteiger partial charge in [-0.15, -0.1) is 0 Å². The van der Waals surface area contributed by atoms with Crippen molar-refractivity contribution in [3.63, 3.8) is 0 Å². The number of benzene rings is 2. The Balaban J connectivity index is 1.64. The molecule has 1 amide bonds. The molecule has 1 heterocycles. The summed E-state index contributed by atoms with van der Waals surface area (Å²) in [6.45, 7) is 0. The van der Waals surface area contributed by atoms with Gasteiger partial charge in [-0.3, -0.25) is 4.79 Å². The van der Waals surface area contributed by atoms with Crippen LogP contribution in [-0.4, -0.2) is 29.2 Å². The van der Waals surface area contributed by atoms with E-state index in [2.05, 4.69) is 36.4 Å². The molecule has 0 radical (unpaired) electrons. The second-order valence-electron chi connectivity index (χ2n) is 5.51. The average Bonchev–Trinajstić information content (AvgIpc) is 2.72. The molecule has 0 aliphatic heterocycles. The molecule has 0 aliphatic rings. The van der Waals surface area contributed by atoms with Crippen LogP contribution in [0.1, 0.15) is 15.9 Å². The van der Waals surface area contributed by atoms with Crippen LogP contribution in [0.25, 0.3) is 0 Å². The van der Waals surface area contributed by atoms with Crippen molar-refractivity contribution >= 4 is 39.7 Å². The van der Waals surface area contributed by atoms with Crippen molar-refractivity contribution in [1.29, 1.82) is 0 Å². The predicted molar refractivity (Wildman–Crippen MR) is 109 cm³/mol. The van der Waals surface area contributed by atoms with Crippen LogP contribution in [0.3, 0.4) is 0 Å². The molecule has 3 aromatic rings. The first kappa shape index (κ1) is 20.7. The number of ether oxygens (including phenoxy) is 2. The molecule has 0 unspecified atom stereocenters. The number of nitrogens with one attached hydrogen (secondary N) is 1. The number of nitrogens with zero attached hydrogens (tertiary/aromatic N) is 3. The summed E-state index contributed by atoms with van der Waals surface area (Å²) in [4.78, 5) is 19.5. The zero-order chi connectivity index (χ0) is 20.8. The largest absolute Gasteiger partial charge is 0.496 e. The number of hydrazone groups is 1. The first-order chi connectivity index (χ1) is 14.0. The minimum Gasteiger partial charge on any atom is -0.496 e. The molecule has 1 aromatic heterocycles. The Hall–Kier alpha value is -3.04. The first-order valence-corrected chi connectivity index (χ1v) is 9.26. The molecule has 2 aromatic carbocycles. The van der Waals surface area contributed by atoms with Crippen LogP contribution in [-0.2, 0) is 0 Å². The third-order valence-corrected chi connectivity index (χ3v) is 4.24. The normalized spacial score (nSPS) is 10.8. The van der Waals surface area contributed by atoms with Crippen LogP contribution in [0.4, 0.5) is 4.39 Å². The van der Waals surface area contributed by atoms with E-state index < -0.39 is 11.7 Å². The lowest BCUT2D eigenvalue weighted by Gasteiger charge is -2.07. The van der Waals surface area contributed by atoms with Crippen molar-refractivity contribution in [2.24, 2.45) is 5.10 Å². The molecular weight excluding hydrogens is 467 g/mol. The fraction of sp³-hybridized carbons (Fsp3) is 0.0526. The van der Waals surface area contributed by atoms with E-state index in [1.54, 1.807) is 42.5 Å². The monoisotopic (exact) mass is 478 g/mol. The molecule has 0 aliphatic carbocycles. The fourth-order valence-corrected chi connectivity index (χ4v) is 2.71. The molecule has 7 nitrogen and oxygen atoms in total. The van der Waals surface area contributed by atoms with Gasteiger partial charge in [-0.05, 0) is 59.6 Å². The number of methoxy groups -OCH3 is 1. The van der Waals surface area contributed by atoms with E-state index in [0.29, 0.717) is 22.6 Å². The molecule has 29 heavy (non-hydrogen) atoms. The Morgan fingerprint density at radius 3 is 2.76 bits per heavy atom. The van der Waals surface area contributed by atoms with Crippen LogP contribution >= 0.6 is 27.5 Å². The second kappa shape index (κ2) is 9.44. The maximum atomic E-state index is 13.6. The lowest BCUT2D eigenvalue weighted by molar-refractivity contribution is 0.0952. The highest BCUT2D eigenvalue weighted by molar-refractivity contribution is 9.10. The Morgan fingerprint density at radius 2 is 2.03 bits per heavy atom. The zero-order valence-corrected chi connectivity index (χ0v) is 17.2. The number of hydrogen-bond acceptors (Lipinski definition) is 6. The van der Waals surface area contributed by atoms with Gasteiger partial charge in [0.25, 0.3) is 11.8 Å². The molecular formula is C19H13BrClFN4O3. The van der Waals surface area contributed by atoms with E-state index in [9.17, 15) is 9.18 Å². The first-order valence-electron chi connectivity index (χ1n) is 8.09. The highest BCUT2D eigenvalue weighted by Gasteiger charge is 2.12. The summed E-state index contributed by atoms with van der Waals surface area (Å²) in [5.41, 5.74) is 3.46. The second-order valence-corrected chi connectivity index (χ2v) is 6.76. The van der Waals surface area contributed by atoms with Gasteiger partial charge in [-0.1, -0.05) is 15.9 Å². The number of amides is 1. The van der Waals surface area contributed by atoms with Crippen molar-refractivity contribution in [2.45, 2.75) is 0 Å². The van der Waals surface area contributed by atoms with Gasteiger partial charge in [0, 0.05) is 4.47 Å². The summed E-state index contributed by atoms with van der Waals surface area (Å²) in [5.74, 6) is -0.652. The molecule has 3 rings (SSSR count). The van der Waals surface area contributed by atoms with Gasteiger partial charge in [0.15, 0.2) is 0 Å². The zero-order valence-electron chi connectivity index (χ0n) is 14.9. The van der Waals surface area contributed by atoms with Crippen molar-refractivity contribution in [1.82, 2.24) is 15.4 Å². The van der Waals surface area contributed by atoms with Crippen LogP contribution in [0.2, 0.25) is 5.28 Å². The molecule has 0 saturated carbocycles. The lowest BCUT2D eigenvalue weighted by atomic mass is 10.2. The standard InChI is InChI=1S/C19H13BrClFN4O3/c1-28-16-7-4-12(20)8-14(16)17(27)26-24-9-11-2-5-13(6-3-11)29-18-15(22)10-23-19(21)25-18/h2-10H,1H3,(H,26,27)/b24-9-. The highest BCUT2D eigenvalue weighted by Crippen LogP contribution is 2.24. The van der Waals surface area contributed by atoms with Crippen LogP contribution in [0.5, 0.6) is 17.4 Å². The number of rotatable bonds is 6. The molecule has 0 spiro atoms. The van der Waals surface area contributed by atoms with Gasteiger partial charge >= 0.3 is 0 Å². The van der Waals surface area contributed by atoms with Crippen molar-refractivity contribution < 1.29 is 18.7 Å².